The number of hydrogen-bond donors (Lipinski definition) is 2. The molecule has 62 heavy (non-hydrogen) atoms. The van der Waals surface area contributed by atoms with Crippen molar-refractivity contribution in [2.24, 2.45) is 11.3 Å². The number of carbonyl (C=O) groups excluding carboxylic acids is 4. The fraction of sp³-hybridized carbons (Fsp3) is 0.542. The van der Waals surface area contributed by atoms with Gasteiger partial charge in [0, 0.05) is 120 Å². The molecule has 0 saturated carbocycles. The topological polar surface area (TPSA) is 138 Å². The molecule has 328 valence electrons. The lowest BCUT2D eigenvalue weighted by molar-refractivity contribution is -0.149. The van der Waals surface area contributed by atoms with Crippen molar-refractivity contribution in [1.29, 1.82) is 0 Å². The molecule has 0 aromatic heterocycles. The summed E-state index contributed by atoms with van der Waals surface area (Å²) in [6.45, 7) is 11.0. The van der Waals surface area contributed by atoms with Gasteiger partial charge in [0.05, 0.1) is 24.3 Å². The average molecular weight is 846 g/mol. The molecular formula is C48H59N7O7. The normalized spacial score (nSPS) is 25.3. The van der Waals surface area contributed by atoms with Crippen LogP contribution in [0.4, 0.5) is 17.1 Å². The van der Waals surface area contributed by atoms with E-state index in [2.05, 4.69) is 55.2 Å². The Balaban J connectivity index is 0.696. The number of aromatic hydroxyl groups is 1. The predicted molar refractivity (Wildman–Crippen MR) is 234 cm³/mol. The number of benzene rings is 3. The molecular weight excluding hydrogens is 787 g/mol. The van der Waals surface area contributed by atoms with Gasteiger partial charge in [0.25, 0.3) is 5.91 Å². The first kappa shape index (κ1) is 40.9. The van der Waals surface area contributed by atoms with E-state index in [1.807, 2.05) is 18.2 Å². The fourth-order valence-corrected chi connectivity index (χ4v) is 11.7. The number of β-lactam (4-membered cyclic amide) rings is 1. The van der Waals surface area contributed by atoms with Crippen molar-refractivity contribution in [1.82, 2.24) is 20.0 Å². The highest BCUT2D eigenvalue weighted by molar-refractivity contribution is 6.08. The number of piperidine rings is 3. The monoisotopic (exact) mass is 845 g/mol. The quantitative estimate of drug-likeness (QED) is 0.232. The molecule has 7 heterocycles. The van der Waals surface area contributed by atoms with Gasteiger partial charge in [0.2, 0.25) is 17.7 Å². The molecule has 0 radical (unpaired) electrons. The standard InChI is InChI=1S/C48H59N7O7/c1-61-42-29-36(7-9-38(42)44-48(16-26-62-27-17-48)47(60)55(44)39-4-2-3-5-41(39)56)52-20-14-34(15-21-52)53-24-22-50(23-25-53)30-32-12-18-51(19-13-32)35-6-8-37-33(28-35)31-54(46(37)59)40-10-11-43(57)49-45(40)58/h2-9,28-29,32,34,40,44,56H,10-27,30-31H2,1H3,(H,49,57,58)/t40?,44-/m0/s1. The number of carbonyl (C=O) groups is 4. The molecule has 14 nitrogen and oxygen atoms in total. The lowest BCUT2D eigenvalue weighted by atomic mass is 9.62. The van der Waals surface area contributed by atoms with Crippen LogP contribution in [0.25, 0.3) is 0 Å². The van der Waals surface area contributed by atoms with E-state index in [0.717, 1.165) is 113 Å². The molecule has 6 fully saturated rings. The number of ether oxygens (including phenoxy) is 2. The number of anilines is 3. The van der Waals surface area contributed by atoms with Crippen molar-refractivity contribution in [3.05, 3.63) is 77.4 Å². The molecule has 7 aliphatic heterocycles. The maximum atomic E-state index is 13.9. The van der Waals surface area contributed by atoms with Gasteiger partial charge in [-0.15, -0.1) is 0 Å². The largest absolute Gasteiger partial charge is 0.506 e. The number of nitrogens with one attached hydrogen (secondary N) is 1. The predicted octanol–water partition coefficient (Wildman–Crippen LogP) is 4.55. The van der Waals surface area contributed by atoms with E-state index >= 15 is 0 Å². The van der Waals surface area contributed by atoms with Crippen LogP contribution >= 0.6 is 0 Å². The zero-order chi connectivity index (χ0) is 42.5. The zero-order valence-corrected chi connectivity index (χ0v) is 35.8. The van der Waals surface area contributed by atoms with Crippen LogP contribution < -0.4 is 24.8 Å². The number of fused-ring (bicyclic) bond motifs is 1. The van der Waals surface area contributed by atoms with E-state index in [0.29, 0.717) is 62.2 Å². The van der Waals surface area contributed by atoms with Crippen LogP contribution in [0.5, 0.6) is 11.5 Å². The maximum absolute atomic E-state index is 13.9. The SMILES string of the molecule is COc1cc(N2CCC(N3CCN(CC4CCN(c5ccc6c(c5)CN(C5CCC(=O)NC5=O)C6=O)CC4)CC3)CC2)ccc1[C@@H]1N(c2ccccc2O)C(=O)C12CCOCC2. The van der Waals surface area contributed by atoms with Gasteiger partial charge >= 0.3 is 0 Å². The number of nitrogens with zero attached hydrogens (tertiary/aromatic N) is 6. The number of hydrogen-bond acceptors (Lipinski definition) is 11. The van der Waals surface area contributed by atoms with Crippen molar-refractivity contribution in [2.75, 3.05) is 93.9 Å². The number of para-hydroxylation sites is 2. The number of rotatable bonds is 9. The first-order valence-corrected chi connectivity index (χ1v) is 22.8. The van der Waals surface area contributed by atoms with Gasteiger partial charge in [-0.1, -0.05) is 18.2 Å². The Morgan fingerprint density at radius 2 is 1.50 bits per heavy atom. The highest BCUT2D eigenvalue weighted by Crippen LogP contribution is 2.60. The summed E-state index contributed by atoms with van der Waals surface area (Å²) in [6, 6.07) is 19.4. The zero-order valence-electron chi connectivity index (χ0n) is 35.8. The highest BCUT2D eigenvalue weighted by atomic mass is 16.5. The van der Waals surface area contributed by atoms with Gasteiger partial charge in [-0.25, -0.2) is 0 Å². The van der Waals surface area contributed by atoms with E-state index in [9.17, 15) is 24.3 Å². The fourth-order valence-electron chi connectivity index (χ4n) is 11.7. The van der Waals surface area contributed by atoms with Gasteiger partial charge in [-0.2, -0.15) is 0 Å². The Hall–Kier alpha value is -5.18. The van der Waals surface area contributed by atoms with E-state index in [-0.39, 0.29) is 41.8 Å². The van der Waals surface area contributed by atoms with Gasteiger partial charge in [0.1, 0.15) is 17.5 Å². The summed E-state index contributed by atoms with van der Waals surface area (Å²) < 4.78 is 11.8. The second kappa shape index (κ2) is 16.8. The van der Waals surface area contributed by atoms with Crippen LogP contribution in [0, 0.1) is 11.3 Å². The molecule has 2 atom stereocenters. The summed E-state index contributed by atoms with van der Waals surface area (Å²) in [6.07, 6.45) is 6.46. The summed E-state index contributed by atoms with van der Waals surface area (Å²) in [7, 11) is 1.71. The minimum atomic E-state index is -0.591. The number of methoxy groups -OCH3 is 1. The number of imide groups is 1. The smallest absolute Gasteiger partial charge is 0.255 e. The maximum Gasteiger partial charge on any atom is 0.255 e. The Labute approximate surface area is 363 Å². The molecule has 7 aliphatic rings. The summed E-state index contributed by atoms with van der Waals surface area (Å²) in [5.41, 5.74) is 4.84. The molecule has 1 spiro atoms. The van der Waals surface area contributed by atoms with Crippen LogP contribution in [-0.4, -0.2) is 135 Å². The van der Waals surface area contributed by atoms with Gasteiger partial charge in [-0.05, 0) is 92.8 Å². The van der Waals surface area contributed by atoms with Crippen molar-refractivity contribution in [3.8, 4) is 11.5 Å². The van der Waals surface area contributed by atoms with E-state index in [4.69, 9.17) is 9.47 Å². The van der Waals surface area contributed by atoms with E-state index in [1.54, 1.807) is 29.0 Å². The molecule has 10 rings (SSSR count). The highest BCUT2D eigenvalue weighted by Gasteiger charge is 2.62. The minimum Gasteiger partial charge on any atom is -0.506 e. The molecule has 4 amide bonds. The van der Waals surface area contributed by atoms with Crippen molar-refractivity contribution in [2.45, 2.75) is 76.0 Å². The summed E-state index contributed by atoms with van der Waals surface area (Å²) in [4.78, 5) is 64.9. The third-order valence-electron chi connectivity index (χ3n) is 15.2. The van der Waals surface area contributed by atoms with Crippen LogP contribution in [0.15, 0.2) is 60.7 Å². The van der Waals surface area contributed by atoms with Crippen LogP contribution in [0.3, 0.4) is 0 Å². The number of piperazine rings is 1. The Morgan fingerprint density at radius 3 is 2.21 bits per heavy atom. The second-order valence-electron chi connectivity index (χ2n) is 18.5. The first-order chi connectivity index (χ1) is 30.2. The number of phenolic OH excluding ortho intramolecular Hbond substituents is 1. The average Bonchev–Trinajstić information content (AvgIpc) is 3.63. The van der Waals surface area contributed by atoms with Crippen molar-refractivity contribution < 1.29 is 33.8 Å². The van der Waals surface area contributed by atoms with Gasteiger partial charge in [-0.3, -0.25) is 34.3 Å². The van der Waals surface area contributed by atoms with Gasteiger partial charge in [0.15, 0.2) is 0 Å². The molecule has 3 aromatic rings. The third kappa shape index (κ3) is 7.37. The Morgan fingerprint density at radius 1 is 0.806 bits per heavy atom. The van der Waals surface area contributed by atoms with Crippen LogP contribution in [0.1, 0.15) is 78.9 Å². The van der Waals surface area contributed by atoms with E-state index in [1.165, 1.54) is 0 Å². The lowest BCUT2D eigenvalue weighted by Gasteiger charge is -2.57. The second-order valence-corrected chi connectivity index (χ2v) is 18.5. The molecule has 1 unspecified atom stereocenters. The third-order valence-corrected chi connectivity index (χ3v) is 15.2. The Bertz CT molecular complexity index is 2200. The van der Waals surface area contributed by atoms with Crippen LogP contribution in [-0.2, 0) is 25.7 Å². The molecule has 14 heteroatoms. The lowest BCUT2D eigenvalue weighted by Crippen LogP contribution is -2.65. The molecule has 0 aliphatic carbocycles. The molecule has 0 bridgehead atoms. The minimum absolute atomic E-state index is 0.0409. The summed E-state index contributed by atoms with van der Waals surface area (Å²) in [5.74, 6) is 0.818. The number of phenols is 1. The van der Waals surface area contributed by atoms with Gasteiger partial charge < -0.3 is 34.2 Å². The number of amides is 4. The summed E-state index contributed by atoms with van der Waals surface area (Å²) in [5, 5.41) is 13.2. The van der Waals surface area contributed by atoms with E-state index < -0.39 is 11.5 Å². The van der Waals surface area contributed by atoms with Crippen molar-refractivity contribution in [3.63, 3.8) is 0 Å². The van der Waals surface area contributed by atoms with Crippen molar-refractivity contribution >= 4 is 40.7 Å². The molecule has 6 saturated heterocycles. The molecule has 3 aromatic carbocycles. The summed E-state index contributed by atoms with van der Waals surface area (Å²) >= 11 is 0. The Kier molecular flexibility index (Phi) is 11.1. The van der Waals surface area contributed by atoms with Crippen LogP contribution in [0.2, 0.25) is 0 Å². The first-order valence-electron chi connectivity index (χ1n) is 22.8. The molecule has 2 N–H and O–H groups in total.